The summed E-state index contributed by atoms with van der Waals surface area (Å²) in [5.74, 6) is 0. The zero-order chi connectivity index (χ0) is 19.5. The molecule has 3 rings (SSSR count). The van der Waals surface area contributed by atoms with Gasteiger partial charge in [-0.1, -0.05) is 88.0 Å². The summed E-state index contributed by atoms with van der Waals surface area (Å²) in [5, 5.41) is 2.50. The van der Waals surface area contributed by atoms with Crippen LogP contribution in [0.4, 0.5) is 0 Å². The lowest BCUT2D eigenvalue weighted by atomic mass is 10.1. The third-order valence-electron chi connectivity index (χ3n) is 5.33. The van der Waals surface area contributed by atoms with Gasteiger partial charge >= 0.3 is 0 Å². The zero-order valence-corrected chi connectivity index (χ0v) is 17.8. The summed E-state index contributed by atoms with van der Waals surface area (Å²) >= 11 is 0. The molecule has 0 N–H and O–H groups in total. The van der Waals surface area contributed by atoms with Gasteiger partial charge in [-0.3, -0.25) is 0 Å². The van der Waals surface area contributed by atoms with E-state index in [0.717, 1.165) is 12.0 Å². The number of hydrogen-bond acceptors (Lipinski definition) is 3. The molecule has 1 aliphatic rings. The Morgan fingerprint density at radius 1 is 1.00 bits per heavy atom. The number of rotatable bonds is 6. The van der Waals surface area contributed by atoms with Gasteiger partial charge in [0.25, 0.3) is 8.32 Å². The lowest BCUT2D eigenvalue weighted by Gasteiger charge is -2.43. The first-order valence-corrected chi connectivity index (χ1v) is 11.4. The van der Waals surface area contributed by atoms with Crippen LogP contribution in [-0.2, 0) is 13.9 Å². The minimum absolute atomic E-state index is 0.0453. The van der Waals surface area contributed by atoms with E-state index in [1.807, 2.05) is 0 Å². The summed E-state index contributed by atoms with van der Waals surface area (Å²) < 4.78 is 18.2. The number of benzene rings is 2. The van der Waals surface area contributed by atoms with Gasteiger partial charge in [0.05, 0.1) is 6.61 Å². The first-order chi connectivity index (χ1) is 12.9. The monoisotopic (exact) mass is 382 g/mol. The van der Waals surface area contributed by atoms with Crippen LogP contribution >= 0.6 is 0 Å². The van der Waals surface area contributed by atoms with Crippen molar-refractivity contribution in [3.63, 3.8) is 0 Å². The number of methoxy groups -OCH3 is 1. The summed E-state index contributed by atoms with van der Waals surface area (Å²) in [4.78, 5) is 0. The Morgan fingerprint density at radius 3 is 1.93 bits per heavy atom. The van der Waals surface area contributed by atoms with Gasteiger partial charge in [0.15, 0.2) is 6.29 Å². The van der Waals surface area contributed by atoms with Gasteiger partial charge in [0.2, 0.25) is 0 Å². The van der Waals surface area contributed by atoms with E-state index in [9.17, 15) is 0 Å². The molecule has 1 saturated heterocycles. The third-order valence-corrected chi connectivity index (χ3v) is 10.3. The molecule has 1 aliphatic heterocycles. The molecule has 0 bridgehead atoms. The fraction of sp³-hybridized carbons (Fsp3) is 0.391. The molecule has 0 radical (unpaired) electrons. The van der Waals surface area contributed by atoms with E-state index in [4.69, 9.17) is 13.9 Å². The second-order valence-corrected chi connectivity index (χ2v) is 12.4. The highest BCUT2D eigenvalue weighted by molar-refractivity contribution is 6.99. The highest BCUT2D eigenvalue weighted by Gasteiger charge is 2.50. The minimum Gasteiger partial charge on any atom is -0.404 e. The van der Waals surface area contributed by atoms with Crippen LogP contribution < -0.4 is 10.4 Å². The molecule has 27 heavy (non-hydrogen) atoms. The molecule has 0 unspecified atom stereocenters. The second kappa shape index (κ2) is 8.11. The van der Waals surface area contributed by atoms with Gasteiger partial charge in [-0.25, -0.2) is 0 Å². The average Bonchev–Trinajstić information content (AvgIpc) is 3.03. The van der Waals surface area contributed by atoms with Crippen molar-refractivity contribution in [2.45, 2.75) is 44.6 Å². The largest absolute Gasteiger partial charge is 0.404 e. The summed E-state index contributed by atoms with van der Waals surface area (Å²) in [6.07, 6.45) is 0.382. The standard InChI is InChI=1S/C23H30O3Si/c1-18-16-22(24-5)26-21(18)17-25-27(23(2,3)4,19-12-8-6-9-13-19)20-14-10-7-11-15-20/h6-15,21-22H,1,16-17H2,2-5H3/t21-,22-/m1/s1. The fourth-order valence-corrected chi connectivity index (χ4v) is 8.49. The molecule has 2 atom stereocenters. The Labute approximate surface area is 164 Å². The highest BCUT2D eigenvalue weighted by atomic mass is 28.4. The molecular weight excluding hydrogens is 352 g/mol. The predicted molar refractivity (Wildman–Crippen MR) is 113 cm³/mol. The van der Waals surface area contributed by atoms with Gasteiger partial charge in [-0.05, 0) is 21.0 Å². The first-order valence-electron chi connectivity index (χ1n) is 9.49. The Bertz CT molecular complexity index is 713. The van der Waals surface area contributed by atoms with Crippen LogP contribution in [0.2, 0.25) is 5.04 Å². The van der Waals surface area contributed by atoms with E-state index in [-0.39, 0.29) is 17.4 Å². The summed E-state index contributed by atoms with van der Waals surface area (Å²) in [6.45, 7) is 11.5. The van der Waals surface area contributed by atoms with Crippen molar-refractivity contribution in [1.29, 1.82) is 0 Å². The molecule has 0 saturated carbocycles. The predicted octanol–water partition coefficient (Wildman–Crippen LogP) is 3.88. The van der Waals surface area contributed by atoms with Crippen molar-refractivity contribution in [1.82, 2.24) is 0 Å². The van der Waals surface area contributed by atoms with E-state index < -0.39 is 8.32 Å². The second-order valence-electron chi connectivity index (χ2n) is 8.13. The maximum atomic E-state index is 6.91. The van der Waals surface area contributed by atoms with Crippen LogP contribution in [-0.4, -0.2) is 34.4 Å². The van der Waals surface area contributed by atoms with Crippen molar-refractivity contribution < 1.29 is 13.9 Å². The molecule has 2 aromatic carbocycles. The lowest BCUT2D eigenvalue weighted by Crippen LogP contribution is -2.67. The van der Waals surface area contributed by atoms with E-state index in [1.54, 1.807) is 7.11 Å². The van der Waals surface area contributed by atoms with Crippen molar-refractivity contribution in [2.75, 3.05) is 13.7 Å². The number of ether oxygens (including phenoxy) is 2. The summed E-state index contributed by atoms with van der Waals surface area (Å²) in [5.41, 5.74) is 1.04. The molecule has 0 amide bonds. The molecule has 4 heteroatoms. The Morgan fingerprint density at radius 2 is 1.52 bits per heavy atom. The Hall–Kier alpha value is -1.72. The smallest absolute Gasteiger partial charge is 0.261 e. The van der Waals surface area contributed by atoms with Crippen LogP contribution in [0.3, 0.4) is 0 Å². The molecule has 1 fully saturated rings. The van der Waals surface area contributed by atoms with Gasteiger partial charge in [0, 0.05) is 13.5 Å². The maximum Gasteiger partial charge on any atom is 0.261 e. The van der Waals surface area contributed by atoms with E-state index >= 15 is 0 Å². The van der Waals surface area contributed by atoms with Crippen LogP contribution in [0.15, 0.2) is 72.8 Å². The van der Waals surface area contributed by atoms with Crippen LogP contribution in [0.5, 0.6) is 0 Å². The molecule has 144 valence electrons. The molecule has 2 aromatic rings. The fourth-order valence-electron chi connectivity index (χ4n) is 3.93. The van der Waals surface area contributed by atoms with Gasteiger partial charge in [-0.15, -0.1) is 0 Å². The highest BCUT2D eigenvalue weighted by Crippen LogP contribution is 2.37. The van der Waals surface area contributed by atoms with Gasteiger partial charge in [-0.2, -0.15) is 0 Å². The first kappa shape index (κ1) is 20.0. The topological polar surface area (TPSA) is 27.7 Å². The van der Waals surface area contributed by atoms with Crippen LogP contribution in [0.1, 0.15) is 27.2 Å². The molecule has 0 aromatic heterocycles. The lowest BCUT2D eigenvalue weighted by molar-refractivity contribution is -0.120. The summed E-state index contributed by atoms with van der Waals surface area (Å²) in [7, 11) is -0.871. The van der Waals surface area contributed by atoms with E-state index in [0.29, 0.717) is 6.61 Å². The van der Waals surface area contributed by atoms with Crippen LogP contribution in [0, 0.1) is 0 Å². The van der Waals surface area contributed by atoms with Crippen molar-refractivity contribution in [3.05, 3.63) is 72.8 Å². The van der Waals surface area contributed by atoms with E-state index in [1.165, 1.54) is 10.4 Å². The minimum atomic E-state index is -2.54. The average molecular weight is 383 g/mol. The molecule has 1 heterocycles. The maximum absolute atomic E-state index is 6.91. The molecular formula is C23H30O3Si. The Balaban J connectivity index is 2.01. The molecule has 0 aliphatic carbocycles. The normalized spacial score (nSPS) is 20.8. The zero-order valence-electron chi connectivity index (χ0n) is 16.8. The molecule has 0 spiro atoms. The Kier molecular flexibility index (Phi) is 6.01. The van der Waals surface area contributed by atoms with Crippen molar-refractivity contribution in [2.24, 2.45) is 0 Å². The SMILES string of the molecule is C=C1C[C@H](OC)O[C@@H]1CO[Si](c1ccccc1)(c1ccccc1)C(C)(C)C. The van der Waals surface area contributed by atoms with Crippen LogP contribution in [0.25, 0.3) is 0 Å². The van der Waals surface area contributed by atoms with E-state index in [2.05, 4.69) is 88.0 Å². The van der Waals surface area contributed by atoms with Crippen molar-refractivity contribution >= 4 is 18.7 Å². The summed E-state index contributed by atoms with van der Waals surface area (Å²) in [6, 6.07) is 21.3. The molecule has 3 nitrogen and oxygen atoms in total. The van der Waals surface area contributed by atoms with Gasteiger partial charge < -0.3 is 13.9 Å². The third kappa shape index (κ3) is 3.94. The number of hydrogen-bond donors (Lipinski definition) is 0. The van der Waals surface area contributed by atoms with Gasteiger partial charge in [0.1, 0.15) is 6.10 Å². The quantitative estimate of drug-likeness (QED) is 0.560. The van der Waals surface area contributed by atoms with Crippen molar-refractivity contribution in [3.8, 4) is 0 Å².